The molecule has 0 aliphatic rings. The summed E-state index contributed by atoms with van der Waals surface area (Å²) in [7, 11) is 1.42. The summed E-state index contributed by atoms with van der Waals surface area (Å²) in [4.78, 5) is 11.2. The fourth-order valence-corrected chi connectivity index (χ4v) is 1.33. The molecular weight excluding hydrogens is 210 g/mol. The van der Waals surface area contributed by atoms with Gasteiger partial charge in [-0.25, -0.2) is 0 Å². The molecule has 88 valence electrons. The number of carbonyl (C=O) groups is 1. The Morgan fingerprint density at radius 3 is 2.75 bits per heavy atom. The molecule has 0 aliphatic heterocycles. The lowest BCUT2D eigenvalue weighted by molar-refractivity contribution is -0.142. The van der Waals surface area contributed by atoms with Crippen molar-refractivity contribution in [3.63, 3.8) is 0 Å². The van der Waals surface area contributed by atoms with E-state index < -0.39 is 0 Å². The van der Waals surface area contributed by atoms with Crippen LogP contribution in [0, 0.1) is 0 Å². The molecule has 0 amide bonds. The van der Waals surface area contributed by atoms with E-state index in [4.69, 9.17) is 15.2 Å². The van der Waals surface area contributed by atoms with Crippen molar-refractivity contribution in [3.05, 3.63) is 17.7 Å². The molecule has 0 aliphatic carbocycles. The summed E-state index contributed by atoms with van der Waals surface area (Å²) in [5.74, 6) is -0.205. The number of rotatable bonds is 4. The Kier molecular flexibility index (Phi) is 3.99. The van der Waals surface area contributed by atoms with Crippen LogP contribution in [0.15, 0.2) is 12.1 Å². The fraction of sp³-hybridized carbons (Fsp3) is 0.364. The lowest BCUT2D eigenvalue weighted by Gasteiger charge is -2.09. The molecule has 0 fully saturated rings. The van der Waals surface area contributed by atoms with Crippen molar-refractivity contribution in [1.82, 2.24) is 0 Å². The van der Waals surface area contributed by atoms with Gasteiger partial charge in [0.2, 0.25) is 0 Å². The zero-order valence-corrected chi connectivity index (χ0v) is 9.32. The third-order valence-corrected chi connectivity index (χ3v) is 2.04. The first-order valence-corrected chi connectivity index (χ1v) is 4.89. The SMILES string of the molecule is CCOC(=O)Cc1cc(N)c(O)c(OC)c1. The van der Waals surface area contributed by atoms with Crippen LogP contribution in [-0.4, -0.2) is 24.8 Å². The first-order chi connectivity index (χ1) is 7.58. The lowest BCUT2D eigenvalue weighted by Crippen LogP contribution is -2.08. The Bertz CT molecular complexity index is 390. The molecule has 0 atom stereocenters. The Balaban J connectivity index is 2.89. The standard InChI is InChI=1S/C11H15NO4/c1-3-16-10(13)6-7-4-8(12)11(14)9(5-7)15-2/h4-5,14H,3,6,12H2,1-2H3. The molecule has 1 aromatic carbocycles. The second-order valence-electron chi connectivity index (χ2n) is 3.22. The number of aromatic hydroxyl groups is 1. The van der Waals surface area contributed by atoms with E-state index in [-0.39, 0.29) is 29.6 Å². The average molecular weight is 225 g/mol. The van der Waals surface area contributed by atoms with Gasteiger partial charge in [-0.3, -0.25) is 4.79 Å². The van der Waals surface area contributed by atoms with Crippen LogP contribution in [0.4, 0.5) is 5.69 Å². The molecule has 5 heteroatoms. The Labute approximate surface area is 93.8 Å². The number of hydrogen-bond acceptors (Lipinski definition) is 5. The number of ether oxygens (including phenoxy) is 2. The molecule has 0 spiro atoms. The van der Waals surface area contributed by atoms with Crippen LogP contribution >= 0.6 is 0 Å². The largest absolute Gasteiger partial charge is 0.503 e. The number of nitrogens with two attached hydrogens (primary N) is 1. The van der Waals surface area contributed by atoms with E-state index in [0.717, 1.165) is 0 Å². The number of phenolic OH excluding ortho intramolecular Hbond substituents is 1. The van der Waals surface area contributed by atoms with Crippen molar-refractivity contribution in [2.24, 2.45) is 0 Å². The molecule has 0 bridgehead atoms. The van der Waals surface area contributed by atoms with Crippen molar-refractivity contribution in [1.29, 1.82) is 0 Å². The number of anilines is 1. The topological polar surface area (TPSA) is 81.8 Å². The maximum Gasteiger partial charge on any atom is 0.310 e. The van der Waals surface area contributed by atoms with Gasteiger partial charge in [-0.1, -0.05) is 0 Å². The van der Waals surface area contributed by atoms with Crippen LogP contribution in [0.3, 0.4) is 0 Å². The summed E-state index contributed by atoms with van der Waals surface area (Å²) in [6, 6.07) is 3.08. The molecule has 1 aromatic rings. The Hall–Kier alpha value is -1.91. The van der Waals surface area contributed by atoms with Crippen molar-refractivity contribution >= 4 is 11.7 Å². The third kappa shape index (κ3) is 2.79. The van der Waals surface area contributed by atoms with Gasteiger partial charge in [0.25, 0.3) is 0 Å². The predicted molar refractivity (Wildman–Crippen MR) is 59.4 cm³/mol. The summed E-state index contributed by atoms with van der Waals surface area (Å²) in [6.45, 7) is 2.08. The predicted octanol–water partition coefficient (Wildman–Crippen LogP) is 1.09. The summed E-state index contributed by atoms with van der Waals surface area (Å²) < 4.78 is 9.73. The molecule has 0 radical (unpaired) electrons. The maximum atomic E-state index is 11.2. The molecule has 0 saturated heterocycles. The number of benzene rings is 1. The first-order valence-electron chi connectivity index (χ1n) is 4.89. The highest BCUT2D eigenvalue weighted by molar-refractivity contribution is 5.74. The molecule has 3 N–H and O–H groups in total. The van der Waals surface area contributed by atoms with Gasteiger partial charge >= 0.3 is 5.97 Å². The van der Waals surface area contributed by atoms with Gasteiger partial charge in [0.1, 0.15) is 0 Å². The second-order valence-corrected chi connectivity index (χ2v) is 3.22. The Morgan fingerprint density at radius 2 is 2.19 bits per heavy atom. The van der Waals surface area contributed by atoms with Crippen molar-refractivity contribution < 1.29 is 19.4 Å². The van der Waals surface area contributed by atoms with E-state index in [2.05, 4.69) is 0 Å². The van der Waals surface area contributed by atoms with Crippen LogP contribution in [0.5, 0.6) is 11.5 Å². The first kappa shape index (κ1) is 12.2. The fourth-order valence-electron chi connectivity index (χ4n) is 1.33. The number of carbonyl (C=O) groups excluding carboxylic acids is 1. The van der Waals surface area contributed by atoms with E-state index in [1.54, 1.807) is 13.0 Å². The summed E-state index contributed by atoms with van der Waals surface area (Å²) in [6.07, 6.45) is 0.106. The second kappa shape index (κ2) is 5.25. The molecule has 1 rings (SSSR count). The van der Waals surface area contributed by atoms with Gasteiger partial charge in [0, 0.05) is 0 Å². The molecule has 5 nitrogen and oxygen atoms in total. The van der Waals surface area contributed by atoms with Crippen molar-refractivity contribution in [2.45, 2.75) is 13.3 Å². The van der Waals surface area contributed by atoms with Gasteiger partial charge in [-0.05, 0) is 24.6 Å². The minimum absolute atomic E-state index is 0.106. The lowest BCUT2D eigenvalue weighted by atomic mass is 10.1. The van der Waals surface area contributed by atoms with Crippen molar-refractivity contribution in [3.8, 4) is 11.5 Å². The minimum Gasteiger partial charge on any atom is -0.503 e. The monoisotopic (exact) mass is 225 g/mol. The molecule has 0 aromatic heterocycles. The van der Waals surface area contributed by atoms with E-state index >= 15 is 0 Å². The summed E-state index contributed by atoms with van der Waals surface area (Å²) >= 11 is 0. The zero-order chi connectivity index (χ0) is 12.1. The van der Waals surface area contributed by atoms with Gasteiger partial charge in [-0.15, -0.1) is 0 Å². The number of esters is 1. The highest BCUT2D eigenvalue weighted by Crippen LogP contribution is 2.33. The number of phenols is 1. The van der Waals surface area contributed by atoms with Gasteiger partial charge < -0.3 is 20.3 Å². The van der Waals surface area contributed by atoms with Gasteiger partial charge in [-0.2, -0.15) is 0 Å². The summed E-state index contributed by atoms with van der Waals surface area (Å²) in [5.41, 5.74) is 6.39. The molecular formula is C11H15NO4. The van der Waals surface area contributed by atoms with Gasteiger partial charge in [0.15, 0.2) is 11.5 Å². The third-order valence-electron chi connectivity index (χ3n) is 2.04. The molecule has 0 saturated carbocycles. The van der Waals surface area contributed by atoms with Crippen LogP contribution < -0.4 is 10.5 Å². The highest BCUT2D eigenvalue weighted by Gasteiger charge is 2.11. The normalized spacial score (nSPS) is 9.88. The Morgan fingerprint density at radius 1 is 1.50 bits per heavy atom. The highest BCUT2D eigenvalue weighted by atomic mass is 16.5. The van der Waals surface area contributed by atoms with Crippen LogP contribution in [0.25, 0.3) is 0 Å². The van der Waals surface area contributed by atoms with Crippen LogP contribution in [0.1, 0.15) is 12.5 Å². The van der Waals surface area contributed by atoms with Crippen LogP contribution in [0.2, 0.25) is 0 Å². The smallest absolute Gasteiger partial charge is 0.310 e. The van der Waals surface area contributed by atoms with Crippen molar-refractivity contribution in [2.75, 3.05) is 19.5 Å². The average Bonchev–Trinajstić information content (AvgIpc) is 2.23. The maximum absolute atomic E-state index is 11.2. The molecule has 16 heavy (non-hydrogen) atoms. The quantitative estimate of drug-likeness (QED) is 0.455. The number of methoxy groups -OCH3 is 1. The molecule has 0 heterocycles. The summed E-state index contributed by atoms with van der Waals surface area (Å²) in [5, 5.41) is 9.49. The number of hydrogen-bond donors (Lipinski definition) is 2. The van der Waals surface area contributed by atoms with E-state index in [9.17, 15) is 9.90 Å². The van der Waals surface area contributed by atoms with E-state index in [1.807, 2.05) is 0 Å². The van der Waals surface area contributed by atoms with Crippen LogP contribution in [-0.2, 0) is 16.0 Å². The number of nitrogen functional groups attached to an aromatic ring is 1. The zero-order valence-electron chi connectivity index (χ0n) is 9.32. The minimum atomic E-state index is -0.338. The molecule has 0 unspecified atom stereocenters. The van der Waals surface area contributed by atoms with E-state index in [0.29, 0.717) is 12.2 Å². The van der Waals surface area contributed by atoms with E-state index in [1.165, 1.54) is 13.2 Å². The van der Waals surface area contributed by atoms with Gasteiger partial charge in [0.05, 0.1) is 25.8 Å².